The van der Waals surface area contributed by atoms with Gasteiger partial charge in [-0.2, -0.15) is 0 Å². The summed E-state index contributed by atoms with van der Waals surface area (Å²) in [6.07, 6.45) is 7.94. The number of carbonyl (C=O) groups is 1. The third-order valence-corrected chi connectivity index (χ3v) is 7.42. The van der Waals surface area contributed by atoms with Gasteiger partial charge in [0.2, 0.25) is 5.95 Å². The van der Waals surface area contributed by atoms with E-state index in [9.17, 15) is 14.4 Å². The summed E-state index contributed by atoms with van der Waals surface area (Å²) in [5.41, 5.74) is 2.79. The Hall–Kier alpha value is -4.18. The summed E-state index contributed by atoms with van der Waals surface area (Å²) < 4.78 is 16.5. The van der Waals surface area contributed by atoms with Crippen molar-refractivity contribution in [1.29, 1.82) is 10.5 Å². The molecule has 0 bridgehead atoms. The molecule has 0 saturated carbocycles. The molecule has 1 saturated heterocycles. The highest BCUT2D eigenvalue weighted by Gasteiger charge is 2.29. The van der Waals surface area contributed by atoms with E-state index in [2.05, 4.69) is 37.5 Å². The van der Waals surface area contributed by atoms with Crippen molar-refractivity contribution in [3.63, 3.8) is 0 Å². The molecule has 1 amide bonds. The fourth-order valence-electron chi connectivity index (χ4n) is 5.29. The first kappa shape index (κ1) is 24.5. The van der Waals surface area contributed by atoms with Gasteiger partial charge in [-0.3, -0.25) is 4.79 Å². The highest BCUT2D eigenvalue weighted by atomic mass is 19.1. The summed E-state index contributed by atoms with van der Waals surface area (Å²) in [7, 11) is 1.79. The Morgan fingerprint density at radius 2 is 2.08 bits per heavy atom. The van der Waals surface area contributed by atoms with E-state index in [4.69, 9.17) is 5.26 Å². The molecule has 1 fully saturated rings. The Labute approximate surface area is 215 Å². The fourth-order valence-corrected chi connectivity index (χ4v) is 5.29. The van der Waals surface area contributed by atoms with Crippen molar-refractivity contribution in [3.8, 4) is 23.3 Å². The summed E-state index contributed by atoms with van der Waals surface area (Å²) in [6.45, 7) is 0.419. The lowest BCUT2D eigenvalue weighted by Crippen LogP contribution is -2.33. The fraction of sp³-hybridized carbons (Fsp3) is 0.360. The highest BCUT2D eigenvalue weighted by Crippen LogP contribution is 2.30. The lowest BCUT2D eigenvalue weighted by Gasteiger charge is -2.24. The van der Waals surface area contributed by atoms with Crippen LogP contribution in [0.15, 0.2) is 30.6 Å². The Bertz CT molecular complexity index is 1400. The van der Waals surface area contributed by atoms with Crippen LogP contribution in [0, 0.1) is 34.2 Å². The minimum atomic E-state index is -0.590. The van der Waals surface area contributed by atoms with Crippen molar-refractivity contribution >= 4 is 36.6 Å². The number of hydrogen-bond acceptors (Lipinski definition) is 7. The number of carbonyl (C=O) groups excluding carboxylic acids is 1. The van der Waals surface area contributed by atoms with E-state index < -0.39 is 5.82 Å². The third-order valence-electron chi connectivity index (χ3n) is 7.42. The third kappa shape index (κ3) is 5.05. The second-order valence-electron chi connectivity index (χ2n) is 9.71. The molecule has 184 valence electrons. The average molecular weight is 494 g/mol. The van der Waals surface area contributed by atoms with E-state index in [0.717, 1.165) is 49.2 Å². The molecule has 37 heavy (non-hydrogen) atoms. The molecular formula is C25H25B2FN8O. The van der Waals surface area contributed by atoms with E-state index in [1.54, 1.807) is 29.9 Å². The Morgan fingerprint density at radius 3 is 2.76 bits per heavy atom. The zero-order valence-electron chi connectivity index (χ0n) is 20.5. The number of fused-ring (bicyclic) bond motifs is 1. The minimum Gasteiger partial charge on any atom is -0.352 e. The number of amides is 1. The molecule has 5 heterocycles. The maximum absolute atomic E-state index is 14.7. The number of nitrogens with one attached hydrogen (secondary N) is 2. The monoisotopic (exact) mass is 494 g/mol. The van der Waals surface area contributed by atoms with Gasteiger partial charge in [-0.25, -0.2) is 29.9 Å². The van der Waals surface area contributed by atoms with Crippen LogP contribution in [-0.2, 0) is 13.5 Å². The summed E-state index contributed by atoms with van der Waals surface area (Å²) in [4.78, 5) is 25.1. The summed E-state index contributed by atoms with van der Waals surface area (Å²) in [5.74, 6) is 5.06. The van der Waals surface area contributed by atoms with Crippen LogP contribution >= 0.6 is 0 Å². The molecule has 0 unspecified atom stereocenters. The first-order chi connectivity index (χ1) is 18.0. The molecule has 3 aromatic heterocycles. The average Bonchev–Trinajstić information content (AvgIpc) is 3.26. The maximum Gasteiger partial charge on any atom is 0.302 e. The van der Waals surface area contributed by atoms with Gasteiger partial charge < -0.3 is 15.2 Å². The van der Waals surface area contributed by atoms with Crippen molar-refractivity contribution in [1.82, 2.24) is 24.8 Å². The van der Waals surface area contributed by atoms with Gasteiger partial charge in [-0.15, -0.1) is 0 Å². The van der Waals surface area contributed by atoms with E-state index >= 15 is 0 Å². The number of hydrogen-bond donors (Lipinski definition) is 2. The van der Waals surface area contributed by atoms with Gasteiger partial charge in [0.15, 0.2) is 5.82 Å². The van der Waals surface area contributed by atoms with E-state index in [0.29, 0.717) is 36.0 Å². The lowest BCUT2D eigenvalue weighted by molar-refractivity contribution is 0.0945. The normalized spacial score (nSPS) is 15.4. The lowest BCUT2D eigenvalue weighted by atomic mass is 9.37. The molecule has 0 aliphatic carbocycles. The molecule has 2 aliphatic heterocycles. The molecule has 0 atom stereocenters. The quantitative estimate of drug-likeness (QED) is 0.504. The van der Waals surface area contributed by atoms with Crippen molar-refractivity contribution in [2.24, 2.45) is 13.0 Å². The molecule has 5 rings (SSSR count). The number of rotatable bonds is 6. The molecule has 3 aromatic rings. The molecule has 2 N–H and O–H groups in total. The smallest absolute Gasteiger partial charge is 0.302 e. The number of halogens is 1. The van der Waals surface area contributed by atoms with Gasteiger partial charge in [0.05, 0.1) is 17.5 Å². The summed E-state index contributed by atoms with van der Waals surface area (Å²) in [6, 6.07) is 5.27. The standard InChI is InChI=1S/C25H25B2FN8O/c1-36-20-6-9-31-24(37)18(20)10-21(36)23-19(28)13-33-25(35-23)34-22-3-2-17(12-32-22)27(15-30)11-16-4-7-26(14-29)8-5-16/h2-3,10,12-13,16H,4-9,11H2,1H3,(H,31,37)(H,32,33,34,35). The van der Waals surface area contributed by atoms with Gasteiger partial charge in [-0.1, -0.05) is 37.9 Å². The molecule has 12 heteroatoms. The summed E-state index contributed by atoms with van der Waals surface area (Å²) in [5, 5.41) is 24.7. The number of nitriles is 2. The van der Waals surface area contributed by atoms with Crippen molar-refractivity contribution in [3.05, 3.63) is 47.7 Å². The Balaban J connectivity index is 1.30. The zero-order valence-corrected chi connectivity index (χ0v) is 20.5. The SMILES string of the molecule is Cn1c(-c2nc(Nc3ccc(B(C#N)CC4CCB(C#N)CC4)cn3)ncc2F)cc2c1CCNC2=O. The molecular weight excluding hydrogens is 469 g/mol. The van der Waals surface area contributed by atoms with E-state index in [1.807, 2.05) is 6.07 Å². The topological polar surface area (TPSA) is 132 Å². The van der Waals surface area contributed by atoms with Gasteiger partial charge in [0, 0.05) is 43.8 Å². The molecule has 0 aromatic carbocycles. The predicted octanol–water partition coefficient (Wildman–Crippen LogP) is 2.78. The van der Waals surface area contributed by atoms with Gasteiger partial charge in [-0.05, 0) is 23.5 Å². The Morgan fingerprint density at radius 1 is 1.27 bits per heavy atom. The number of anilines is 2. The first-order valence-corrected chi connectivity index (χ1v) is 12.5. The Kier molecular flexibility index (Phi) is 6.91. The largest absolute Gasteiger partial charge is 0.352 e. The number of aromatic nitrogens is 4. The van der Waals surface area contributed by atoms with Crippen molar-refractivity contribution < 1.29 is 9.18 Å². The highest BCUT2D eigenvalue weighted by molar-refractivity contribution is 6.80. The molecule has 0 spiro atoms. The zero-order chi connectivity index (χ0) is 25.9. The molecule has 2 aliphatic rings. The number of pyridine rings is 1. The second-order valence-corrected chi connectivity index (χ2v) is 9.71. The summed E-state index contributed by atoms with van der Waals surface area (Å²) >= 11 is 0. The molecule has 9 nitrogen and oxygen atoms in total. The van der Waals surface area contributed by atoms with Crippen LogP contribution in [0.1, 0.15) is 28.9 Å². The van der Waals surface area contributed by atoms with Crippen molar-refractivity contribution in [2.45, 2.75) is 38.2 Å². The van der Waals surface area contributed by atoms with E-state index in [1.165, 1.54) is 0 Å². The molecule has 0 radical (unpaired) electrons. The van der Waals surface area contributed by atoms with Crippen molar-refractivity contribution in [2.75, 3.05) is 11.9 Å². The van der Waals surface area contributed by atoms with Crippen LogP contribution in [0.4, 0.5) is 16.2 Å². The van der Waals surface area contributed by atoms with Crippen LogP contribution in [0.25, 0.3) is 11.4 Å². The van der Waals surface area contributed by atoms with Crippen LogP contribution in [0.2, 0.25) is 19.0 Å². The van der Waals surface area contributed by atoms with Crippen LogP contribution in [0.3, 0.4) is 0 Å². The maximum atomic E-state index is 14.7. The number of nitrogens with zero attached hydrogens (tertiary/aromatic N) is 6. The first-order valence-electron chi connectivity index (χ1n) is 12.5. The van der Waals surface area contributed by atoms with Gasteiger partial charge in [0.25, 0.3) is 12.6 Å². The minimum absolute atomic E-state index is 0.0921. The second kappa shape index (κ2) is 10.4. The van der Waals surface area contributed by atoms with Crippen LogP contribution < -0.4 is 16.1 Å². The van der Waals surface area contributed by atoms with Gasteiger partial charge >= 0.3 is 6.71 Å². The predicted molar refractivity (Wildman–Crippen MR) is 139 cm³/mol. The van der Waals surface area contributed by atoms with Crippen LogP contribution in [0.5, 0.6) is 0 Å². The van der Waals surface area contributed by atoms with Gasteiger partial charge in [0.1, 0.15) is 11.5 Å². The van der Waals surface area contributed by atoms with Crippen LogP contribution in [-0.4, -0.2) is 45.4 Å². The van der Waals surface area contributed by atoms with E-state index in [-0.39, 0.29) is 31.0 Å².